The summed E-state index contributed by atoms with van der Waals surface area (Å²) in [6, 6.07) is 3.58. The highest BCUT2D eigenvalue weighted by Crippen LogP contribution is 2.43. The van der Waals surface area contributed by atoms with Gasteiger partial charge >= 0.3 is 0 Å². The molecule has 8 heteroatoms. The summed E-state index contributed by atoms with van der Waals surface area (Å²) in [7, 11) is 3.44. The Labute approximate surface area is 166 Å². The summed E-state index contributed by atoms with van der Waals surface area (Å²) in [6.07, 6.45) is 8.02. The SMILES string of the molecule is CN=C(NCC(=O)Nc1cccnc1)NCC1(CCOC)CCC1.I. The van der Waals surface area contributed by atoms with E-state index in [1.165, 1.54) is 19.3 Å². The molecule has 7 nitrogen and oxygen atoms in total. The molecule has 1 aliphatic carbocycles. The zero-order valence-corrected chi connectivity index (χ0v) is 17.2. The topological polar surface area (TPSA) is 87.6 Å². The molecule has 1 heterocycles. The summed E-state index contributed by atoms with van der Waals surface area (Å²) in [5.74, 6) is 0.503. The van der Waals surface area contributed by atoms with Crippen LogP contribution in [0.25, 0.3) is 0 Å². The highest BCUT2D eigenvalue weighted by molar-refractivity contribution is 14.0. The minimum atomic E-state index is -0.135. The van der Waals surface area contributed by atoms with Gasteiger partial charge in [-0.1, -0.05) is 6.42 Å². The Morgan fingerprint density at radius 1 is 1.40 bits per heavy atom. The van der Waals surface area contributed by atoms with Crippen LogP contribution in [0.15, 0.2) is 29.5 Å². The molecule has 1 fully saturated rings. The third-order valence-electron chi connectivity index (χ3n) is 4.47. The van der Waals surface area contributed by atoms with Gasteiger partial charge in [0.05, 0.1) is 18.4 Å². The number of methoxy groups -OCH3 is 1. The maximum Gasteiger partial charge on any atom is 0.243 e. The minimum Gasteiger partial charge on any atom is -0.385 e. The number of hydrogen-bond acceptors (Lipinski definition) is 4. The average molecular weight is 461 g/mol. The van der Waals surface area contributed by atoms with Crippen molar-refractivity contribution in [3.05, 3.63) is 24.5 Å². The molecule has 1 amide bonds. The van der Waals surface area contributed by atoms with Gasteiger partial charge in [0.1, 0.15) is 0 Å². The van der Waals surface area contributed by atoms with Crippen molar-refractivity contribution in [1.29, 1.82) is 0 Å². The van der Waals surface area contributed by atoms with Crippen molar-refractivity contribution in [1.82, 2.24) is 15.6 Å². The van der Waals surface area contributed by atoms with Gasteiger partial charge in [0.2, 0.25) is 5.91 Å². The first-order valence-corrected chi connectivity index (χ1v) is 8.31. The first kappa shape index (κ1) is 21.6. The van der Waals surface area contributed by atoms with Crippen molar-refractivity contribution >= 4 is 41.5 Å². The Morgan fingerprint density at radius 2 is 2.20 bits per heavy atom. The van der Waals surface area contributed by atoms with Gasteiger partial charge in [0.15, 0.2) is 5.96 Å². The summed E-state index contributed by atoms with van der Waals surface area (Å²) < 4.78 is 5.21. The molecule has 140 valence electrons. The summed E-state index contributed by atoms with van der Waals surface area (Å²) in [6.45, 7) is 1.78. The predicted octanol–water partition coefficient (Wildman–Crippen LogP) is 2.01. The summed E-state index contributed by atoms with van der Waals surface area (Å²) in [4.78, 5) is 20.1. The number of aromatic nitrogens is 1. The summed E-state index contributed by atoms with van der Waals surface area (Å²) in [5, 5.41) is 9.15. The molecule has 1 saturated carbocycles. The molecule has 0 aliphatic heterocycles. The van der Waals surface area contributed by atoms with Crippen molar-refractivity contribution in [2.75, 3.05) is 39.2 Å². The van der Waals surface area contributed by atoms with Gasteiger partial charge in [-0.25, -0.2) is 0 Å². The van der Waals surface area contributed by atoms with E-state index in [0.717, 1.165) is 19.6 Å². The van der Waals surface area contributed by atoms with E-state index in [1.54, 1.807) is 38.7 Å². The van der Waals surface area contributed by atoms with Crippen LogP contribution >= 0.6 is 24.0 Å². The molecule has 2 rings (SSSR count). The Balaban J connectivity index is 0.00000312. The van der Waals surface area contributed by atoms with Crippen molar-refractivity contribution in [2.24, 2.45) is 10.4 Å². The van der Waals surface area contributed by atoms with E-state index in [2.05, 4.69) is 25.9 Å². The number of nitrogens with one attached hydrogen (secondary N) is 3. The van der Waals surface area contributed by atoms with Gasteiger partial charge in [-0.2, -0.15) is 0 Å². The number of ether oxygens (including phenoxy) is 1. The molecule has 0 unspecified atom stereocenters. The molecule has 0 bridgehead atoms. The lowest BCUT2D eigenvalue weighted by atomic mass is 9.67. The van der Waals surface area contributed by atoms with Crippen molar-refractivity contribution in [3.63, 3.8) is 0 Å². The number of nitrogens with zero attached hydrogens (tertiary/aromatic N) is 2. The third-order valence-corrected chi connectivity index (χ3v) is 4.47. The molecule has 25 heavy (non-hydrogen) atoms. The van der Waals surface area contributed by atoms with E-state index < -0.39 is 0 Å². The molecule has 0 saturated heterocycles. The zero-order valence-electron chi connectivity index (χ0n) is 14.9. The fraction of sp³-hybridized carbons (Fsp3) is 0.588. The second kappa shape index (κ2) is 11.2. The van der Waals surface area contributed by atoms with E-state index in [0.29, 0.717) is 17.1 Å². The van der Waals surface area contributed by atoms with Gasteiger partial charge in [-0.05, 0) is 36.8 Å². The highest BCUT2D eigenvalue weighted by Gasteiger charge is 2.36. The zero-order chi connectivity index (χ0) is 17.3. The number of carbonyl (C=O) groups is 1. The molecule has 0 radical (unpaired) electrons. The van der Waals surface area contributed by atoms with E-state index in [1.807, 2.05) is 0 Å². The van der Waals surface area contributed by atoms with Crippen LogP contribution in [0.3, 0.4) is 0 Å². The predicted molar refractivity (Wildman–Crippen MR) is 110 cm³/mol. The standard InChI is InChI=1S/C17H27N5O2.HI/c1-18-16(21-13-17(6-4-7-17)8-10-24-2)20-12-15(23)22-14-5-3-9-19-11-14;/h3,5,9,11H,4,6-8,10,12-13H2,1-2H3,(H,22,23)(H2,18,20,21);1H. The quantitative estimate of drug-likeness (QED) is 0.313. The third kappa shape index (κ3) is 7.15. The van der Waals surface area contributed by atoms with Gasteiger partial charge in [-0.15, -0.1) is 24.0 Å². The molecule has 1 aliphatic rings. The van der Waals surface area contributed by atoms with Crippen LogP contribution in [0.2, 0.25) is 0 Å². The number of amides is 1. The lowest BCUT2D eigenvalue weighted by Gasteiger charge is -2.42. The Morgan fingerprint density at radius 3 is 2.76 bits per heavy atom. The molecule has 1 aromatic rings. The highest BCUT2D eigenvalue weighted by atomic mass is 127. The number of rotatable bonds is 8. The van der Waals surface area contributed by atoms with Crippen LogP contribution in [-0.2, 0) is 9.53 Å². The first-order valence-electron chi connectivity index (χ1n) is 8.31. The Kier molecular flexibility index (Phi) is 9.73. The number of carbonyl (C=O) groups excluding carboxylic acids is 1. The molecular weight excluding hydrogens is 433 g/mol. The van der Waals surface area contributed by atoms with E-state index in [9.17, 15) is 4.79 Å². The van der Waals surface area contributed by atoms with Crippen LogP contribution in [0, 0.1) is 5.41 Å². The Hall–Kier alpha value is -1.42. The second-order valence-corrected chi connectivity index (χ2v) is 6.17. The molecule has 3 N–H and O–H groups in total. The number of halogens is 1. The summed E-state index contributed by atoms with van der Waals surface area (Å²) >= 11 is 0. The molecule has 0 atom stereocenters. The molecular formula is C17H28IN5O2. The monoisotopic (exact) mass is 461 g/mol. The lowest BCUT2D eigenvalue weighted by Crippen LogP contribution is -2.48. The Bertz CT molecular complexity index is 549. The lowest BCUT2D eigenvalue weighted by molar-refractivity contribution is -0.115. The average Bonchev–Trinajstić information content (AvgIpc) is 2.57. The van der Waals surface area contributed by atoms with Gasteiger partial charge < -0.3 is 20.7 Å². The largest absolute Gasteiger partial charge is 0.385 e. The van der Waals surface area contributed by atoms with Gasteiger partial charge in [0.25, 0.3) is 0 Å². The number of aliphatic imine (C=N–C) groups is 1. The van der Waals surface area contributed by atoms with Crippen molar-refractivity contribution in [2.45, 2.75) is 25.7 Å². The van der Waals surface area contributed by atoms with E-state index in [-0.39, 0.29) is 36.4 Å². The van der Waals surface area contributed by atoms with E-state index in [4.69, 9.17) is 4.74 Å². The summed E-state index contributed by atoms with van der Waals surface area (Å²) in [5.41, 5.74) is 0.978. The number of pyridine rings is 1. The molecule has 0 aromatic carbocycles. The molecule has 1 aromatic heterocycles. The number of hydrogen-bond donors (Lipinski definition) is 3. The second-order valence-electron chi connectivity index (χ2n) is 6.17. The maximum atomic E-state index is 11.9. The van der Waals surface area contributed by atoms with Crippen LogP contribution in [0.1, 0.15) is 25.7 Å². The number of guanidine groups is 1. The van der Waals surface area contributed by atoms with Gasteiger partial charge in [0, 0.05) is 33.5 Å². The molecule has 0 spiro atoms. The van der Waals surface area contributed by atoms with Gasteiger partial charge in [-0.3, -0.25) is 14.8 Å². The maximum absolute atomic E-state index is 11.9. The van der Waals surface area contributed by atoms with Crippen molar-refractivity contribution < 1.29 is 9.53 Å². The normalized spacial score (nSPS) is 15.5. The van der Waals surface area contributed by atoms with Crippen LogP contribution in [0.4, 0.5) is 5.69 Å². The fourth-order valence-corrected chi connectivity index (χ4v) is 2.81. The minimum absolute atomic E-state index is 0. The fourth-order valence-electron chi connectivity index (χ4n) is 2.81. The number of anilines is 1. The van der Waals surface area contributed by atoms with E-state index >= 15 is 0 Å². The first-order chi connectivity index (χ1) is 11.7. The van der Waals surface area contributed by atoms with Crippen LogP contribution < -0.4 is 16.0 Å². The van der Waals surface area contributed by atoms with Crippen molar-refractivity contribution in [3.8, 4) is 0 Å². The van der Waals surface area contributed by atoms with Crippen LogP contribution in [-0.4, -0.2) is 50.7 Å². The van der Waals surface area contributed by atoms with Crippen LogP contribution in [0.5, 0.6) is 0 Å². The smallest absolute Gasteiger partial charge is 0.243 e.